The molecule has 1 aliphatic rings. The molecule has 3 rings (SSSR count). The van der Waals surface area contributed by atoms with Crippen molar-refractivity contribution in [1.29, 1.82) is 0 Å². The summed E-state index contributed by atoms with van der Waals surface area (Å²) in [5, 5.41) is 6.65. The summed E-state index contributed by atoms with van der Waals surface area (Å²) in [5.41, 5.74) is 6.35. The predicted molar refractivity (Wildman–Crippen MR) is 129 cm³/mol. The first kappa shape index (κ1) is 23.2. The third kappa shape index (κ3) is 6.45. The van der Waals surface area contributed by atoms with E-state index in [4.69, 9.17) is 0 Å². The predicted octanol–water partition coefficient (Wildman–Crippen LogP) is 3.91. The van der Waals surface area contributed by atoms with Crippen molar-refractivity contribution >= 4 is 35.8 Å². The minimum absolute atomic E-state index is 0. The van der Waals surface area contributed by atoms with Gasteiger partial charge in [0.15, 0.2) is 5.96 Å². The van der Waals surface area contributed by atoms with E-state index in [0.29, 0.717) is 6.42 Å². The second kappa shape index (κ2) is 11.2. The molecule has 1 amide bonds. The second-order valence-electron chi connectivity index (χ2n) is 7.40. The number of carbonyl (C=O) groups excluding carboxylic acids is 1. The molecule has 156 valence electrons. The van der Waals surface area contributed by atoms with Gasteiger partial charge in [0.1, 0.15) is 0 Å². The molecule has 0 aliphatic carbocycles. The van der Waals surface area contributed by atoms with E-state index in [1.807, 2.05) is 17.0 Å². The Kier molecular flexibility index (Phi) is 8.95. The Morgan fingerprint density at radius 1 is 1.07 bits per heavy atom. The Morgan fingerprint density at radius 2 is 1.76 bits per heavy atom. The molecule has 6 heteroatoms. The van der Waals surface area contributed by atoms with E-state index < -0.39 is 0 Å². The lowest BCUT2D eigenvalue weighted by molar-refractivity contribution is -0.131. The van der Waals surface area contributed by atoms with Gasteiger partial charge in [-0.15, -0.1) is 24.0 Å². The summed E-state index contributed by atoms with van der Waals surface area (Å²) < 4.78 is 0. The first-order valence-electron chi connectivity index (χ1n) is 9.92. The normalized spacial score (nSPS) is 12.9. The zero-order valence-corrected chi connectivity index (χ0v) is 19.8. The van der Waals surface area contributed by atoms with Gasteiger partial charge in [-0.2, -0.15) is 0 Å². The van der Waals surface area contributed by atoms with E-state index in [-0.39, 0.29) is 29.9 Å². The molecular weight excluding hydrogens is 475 g/mol. The van der Waals surface area contributed by atoms with Crippen molar-refractivity contribution in [2.45, 2.75) is 46.3 Å². The molecule has 0 fully saturated rings. The molecule has 1 aliphatic heterocycles. The number of hydrogen-bond donors (Lipinski definition) is 2. The number of hydrogen-bond acceptors (Lipinski definition) is 2. The van der Waals surface area contributed by atoms with Crippen molar-refractivity contribution in [1.82, 2.24) is 15.5 Å². The van der Waals surface area contributed by atoms with Crippen LogP contribution in [0.3, 0.4) is 0 Å². The van der Waals surface area contributed by atoms with Crippen molar-refractivity contribution in [3.63, 3.8) is 0 Å². The van der Waals surface area contributed by atoms with E-state index in [1.54, 1.807) is 7.05 Å². The molecule has 0 atom stereocenters. The Hall–Kier alpha value is -2.09. The van der Waals surface area contributed by atoms with Crippen molar-refractivity contribution in [3.8, 4) is 0 Å². The van der Waals surface area contributed by atoms with Crippen molar-refractivity contribution in [2.24, 2.45) is 4.99 Å². The summed E-state index contributed by atoms with van der Waals surface area (Å²) in [4.78, 5) is 18.7. The fraction of sp³-hybridized carbons (Fsp3) is 0.391. The molecule has 0 saturated heterocycles. The number of carbonyl (C=O) groups is 1. The summed E-state index contributed by atoms with van der Waals surface area (Å²) >= 11 is 0. The van der Waals surface area contributed by atoms with Crippen LogP contribution in [0.25, 0.3) is 0 Å². The van der Waals surface area contributed by atoms with Crippen LogP contribution >= 0.6 is 24.0 Å². The molecule has 0 spiro atoms. The van der Waals surface area contributed by atoms with Crippen LogP contribution in [0.2, 0.25) is 0 Å². The maximum absolute atomic E-state index is 12.5. The zero-order chi connectivity index (χ0) is 19.9. The van der Waals surface area contributed by atoms with Crippen LogP contribution < -0.4 is 10.6 Å². The molecule has 0 unspecified atom stereocenters. The van der Waals surface area contributed by atoms with E-state index in [0.717, 1.165) is 38.6 Å². The third-order valence-electron chi connectivity index (χ3n) is 5.22. The van der Waals surface area contributed by atoms with Gasteiger partial charge in [-0.3, -0.25) is 9.79 Å². The van der Waals surface area contributed by atoms with E-state index in [2.05, 4.69) is 59.8 Å². The van der Waals surface area contributed by atoms with Crippen molar-refractivity contribution in [2.75, 3.05) is 13.6 Å². The summed E-state index contributed by atoms with van der Waals surface area (Å²) in [5.74, 6) is 0.984. The number of nitrogens with zero attached hydrogens (tertiary/aromatic N) is 2. The average Bonchev–Trinajstić information content (AvgIpc) is 3.13. The smallest absolute Gasteiger partial charge is 0.223 e. The number of amides is 1. The molecular formula is C23H31IN4O. The van der Waals surface area contributed by atoms with Gasteiger partial charge in [0.2, 0.25) is 5.91 Å². The van der Waals surface area contributed by atoms with Gasteiger partial charge >= 0.3 is 0 Å². The highest BCUT2D eigenvalue weighted by molar-refractivity contribution is 14.0. The lowest BCUT2D eigenvalue weighted by atomic mass is 10.1. The number of aliphatic imine (C=N–C) groups is 1. The Morgan fingerprint density at radius 3 is 2.38 bits per heavy atom. The van der Waals surface area contributed by atoms with Crippen molar-refractivity contribution in [3.05, 3.63) is 70.3 Å². The van der Waals surface area contributed by atoms with Gasteiger partial charge in [-0.25, -0.2) is 0 Å². The van der Waals surface area contributed by atoms with Crippen LogP contribution in [0.5, 0.6) is 0 Å². The second-order valence-corrected chi connectivity index (χ2v) is 7.40. The minimum atomic E-state index is 0. The quantitative estimate of drug-likeness (QED) is 0.271. The number of fused-ring (bicyclic) bond motifs is 1. The molecule has 0 radical (unpaired) electrons. The van der Waals surface area contributed by atoms with Gasteiger partial charge < -0.3 is 15.5 Å². The largest absolute Gasteiger partial charge is 0.356 e. The Balaban J connectivity index is 0.00000300. The van der Waals surface area contributed by atoms with Gasteiger partial charge in [-0.05, 0) is 42.5 Å². The van der Waals surface area contributed by atoms with Gasteiger partial charge in [0.25, 0.3) is 0 Å². The topological polar surface area (TPSA) is 56.7 Å². The van der Waals surface area contributed by atoms with E-state index in [1.165, 1.54) is 27.8 Å². The van der Waals surface area contributed by atoms with Crippen molar-refractivity contribution < 1.29 is 4.79 Å². The minimum Gasteiger partial charge on any atom is -0.356 e. The molecule has 1 heterocycles. The molecule has 5 nitrogen and oxygen atoms in total. The highest BCUT2D eigenvalue weighted by Gasteiger charge is 2.22. The maximum Gasteiger partial charge on any atom is 0.223 e. The molecule has 0 bridgehead atoms. The van der Waals surface area contributed by atoms with Crippen LogP contribution in [0.4, 0.5) is 0 Å². The standard InChI is InChI=1S/C23H30N4O.HI/c1-17-10-11-19(18(2)13-17)14-26-23(24-3)25-12-6-9-22(28)27-15-20-7-4-5-8-21(20)16-27;/h4-5,7-8,10-11,13H,6,9,12,14-16H2,1-3H3,(H2,24,25,26);1H. The van der Waals surface area contributed by atoms with Gasteiger partial charge in [-0.1, -0.05) is 48.0 Å². The molecule has 2 aromatic carbocycles. The molecule has 0 saturated carbocycles. The molecule has 29 heavy (non-hydrogen) atoms. The van der Waals surface area contributed by atoms with E-state index >= 15 is 0 Å². The summed E-state index contributed by atoms with van der Waals surface area (Å²) in [6.07, 6.45) is 1.34. The van der Waals surface area contributed by atoms with Gasteiger partial charge in [0, 0.05) is 39.6 Å². The first-order valence-corrected chi connectivity index (χ1v) is 9.92. The highest BCUT2D eigenvalue weighted by atomic mass is 127. The lowest BCUT2D eigenvalue weighted by Crippen LogP contribution is -2.37. The van der Waals surface area contributed by atoms with Crippen LogP contribution in [0.15, 0.2) is 47.5 Å². The van der Waals surface area contributed by atoms with Gasteiger partial charge in [0.05, 0.1) is 0 Å². The number of aryl methyl sites for hydroxylation is 2. The third-order valence-corrected chi connectivity index (χ3v) is 5.22. The summed E-state index contributed by atoms with van der Waals surface area (Å²) in [7, 11) is 1.77. The monoisotopic (exact) mass is 506 g/mol. The first-order chi connectivity index (χ1) is 13.6. The van der Waals surface area contributed by atoms with Crippen LogP contribution in [0, 0.1) is 13.8 Å². The number of guanidine groups is 1. The maximum atomic E-state index is 12.5. The number of nitrogens with one attached hydrogen (secondary N) is 2. The number of rotatable bonds is 6. The number of benzene rings is 2. The average molecular weight is 506 g/mol. The lowest BCUT2D eigenvalue weighted by Gasteiger charge is -2.16. The summed E-state index contributed by atoms with van der Waals surface area (Å²) in [6.45, 7) is 7.16. The SMILES string of the molecule is CN=C(NCCCC(=O)N1Cc2ccccc2C1)NCc1ccc(C)cc1C.I. The van der Waals surface area contributed by atoms with Crippen LogP contribution in [-0.2, 0) is 24.4 Å². The van der Waals surface area contributed by atoms with E-state index in [9.17, 15) is 4.79 Å². The number of halogens is 1. The van der Waals surface area contributed by atoms with Crippen LogP contribution in [-0.4, -0.2) is 30.4 Å². The Labute approximate surface area is 191 Å². The molecule has 2 N–H and O–H groups in total. The summed E-state index contributed by atoms with van der Waals surface area (Å²) in [6, 6.07) is 14.8. The Bertz CT molecular complexity index is 841. The highest BCUT2D eigenvalue weighted by Crippen LogP contribution is 2.22. The fourth-order valence-electron chi connectivity index (χ4n) is 3.56. The zero-order valence-electron chi connectivity index (χ0n) is 17.5. The molecule has 0 aromatic heterocycles. The fourth-order valence-corrected chi connectivity index (χ4v) is 3.56. The molecule has 2 aromatic rings. The van der Waals surface area contributed by atoms with Crippen LogP contribution in [0.1, 0.15) is 40.7 Å².